The predicted molar refractivity (Wildman–Crippen MR) is 44.4 cm³/mol. The number of carbonyl (C=O) groups is 2. The number of carbonyl (C=O) groups excluding carboxylic acids is 1. The summed E-state index contributed by atoms with van der Waals surface area (Å²) >= 11 is 0. The Kier molecular flexibility index (Phi) is 1.24. The lowest BCUT2D eigenvalue weighted by Gasteiger charge is -2.21. The lowest BCUT2D eigenvalue weighted by atomic mass is 9.77. The van der Waals surface area contributed by atoms with Crippen LogP contribution in [0.25, 0.3) is 0 Å². The van der Waals surface area contributed by atoms with Crippen LogP contribution >= 0.6 is 0 Å². The van der Waals surface area contributed by atoms with Crippen LogP contribution in [0.4, 0.5) is 0 Å². The fourth-order valence-electron chi connectivity index (χ4n) is 2.67. The molecule has 1 spiro atoms. The molecule has 0 aromatic carbocycles. The van der Waals surface area contributed by atoms with Crippen molar-refractivity contribution >= 4 is 11.9 Å². The van der Waals surface area contributed by atoms with E-state index in [1.165, 1.54) is 0 Å². The smallest absolute Gasteiger partial charge is 0.310 e. The predicted octanol–water partition coefficient (Wildman–Crippen LogP) is -0.859. The number of hydrogen-bond acceptors (Lipinski definition) is 3. The van der Waals surface area contributed by atoms with E-state index in [9.17, 15) is 9.59 Å². The van der Waals surface area contributed by atoms with Crippen molar-refractivity contribution in [1.29, 1.82) is 0 Å². The van der Waals surface area contributed by atoms with Crippen LogP contribution in [-0.2, 0) is 14.3 Å². The van der Waals surface area contributed by atoms with Crippen molar-refractivity contribution < 1.29 is 19.4 Å². The number of fused-ring (bicyclic) bond motifs is 1. The van der Waals surface area contributed by atoms with Gasteiger partial charge in [0, 0.05) is 0 Å². The maximum atomic E-state index is 11.5. The third-order valence-corrected chi connectivity index (χ3v) is 3.27. The van der Waals surface area contributed by atoms with Gasteiger partial charge >= 0.3 is 5.97 Å². The summed E-state index contributed by atoms with van der Waals surface area (Å²) in [5.41, 5.74) is -0.676. The Morgan fingerprint density at radius 3 is 3.21 bits per heavy atom. The molecule has 4 atom stereocenters. The van der Waals surface area contributed by atoms with Crippen LogP contribution in [0.5, 0.6) is 0 Å². The summed E-state index contributed by atoms with van der Waals surface area (Å²) < 4.78 is 5.55. The summed E-state index contributed by atoms with van der Waals surface area (Å²) in [6.45, 7) is 0.396. The zero-order chi connectivity index (χ0) is 9.92. The monoisotopic (exact) mass is 195 g/mol. The van der Waals surface area contributed by atoms with Crippen molar-refractivity contribution in [3.63, 3.8) is 0 Å². The van der Waals surface area contributed by atoms with Crippen molar-refractivity contribution in [2.75, 3.05) is 6.54 Å². The molecule has 0 aromatic heterocycles. The molecule has 2 fully saturated rings. The number of nitrogens with one attached hydrogen (secondary N) is 1. The molecule has 2 saturated heterocycles. The highest BCUT2D eigenvalue weighted by Gasteiger charge is 2.64. The number of carboxylic acid groups (broad SMARTS) is 1. The normalized spacial score (nSPS) is 48.0. The van der Waals surface area contributed by atoms with E-state index < -0.39 is 29.5 Å². The summed E-state index contributed by atoms with van der Waals surface area (Å²) in [6, 6.07) is 0. The first-order valence-electron chi connectivity index (χ1n) is 4.52. The quantitative estimate of drug-likeness (QED) is 0.534. The number of rotatable bonds is 1. The molecule has 0 radical (unpaired) electrons. The fourth-order valence-corrected chi connectivity index (χ4v) is 2.67. The Balaban J connectivity index is 2.08. The molecule has 3 aliphatic heterocycles. The van der Waals surface area contributed by atoms with Gasteiger partial charge in [-0.3, -0.25) is 9.59 Å². The van der Waals surface area contributed by atoms with Crippen molar-refractivity contribution in [1.82, 2.24) is 5.32 Å². The van der Waals surface area contributed by atoms with E-state index in [0.717, 1.165) is 0 Å². The van der Waals surface area contributed by atoms with Gasteiger partial charge in [0.15, 0.2) is 0 Å². The summed E-state index contributed by atoms with van der Waals surface area (Å²) in [5.74, 6) is -2.43. The van der Waals surface area contributed by atoms with Crippen molar-refractivity contribution in [3.05, 3.63) is 12.2 Å². The molecule has 1 amide bonds. The summed E-state index contributed by atoms with van der Waals surface area (Å²) in [5, 5.41) is 11.6. The number of ether oxygens (including phenoxy) is 1. The first-order chi connectivity index (χ1) is 6.64. The van der Waals surface area contributed by atoms with E-state index in [1.807, 2.05) is 6.08 Å². The van der Waals surface area contributed by atoms with Crippen LogP contribution in [0.2, 0.25) is 0 Å². The highest BCUT2D eigenvalue weighted by atomic mass is 16.5. The van der Waals surface area contributed by atoms with Crippen LogP contribution in [0, 0.1) is 11.8 Å². The molecule has 0 saturated carbocycles. The van der Waals surface area contributed by atoms with E-state index in [0.29, 0.717) is 6.54 Å². The van der Waals surface area contributed by atoms with E-state index in [1.54, 1.807) is 6.08 Å². The average molecular weight is 195 g/mol. The van der Waals surface area contributed by atoms with Crippen molar-refractivity contribution in [2.24, 2.45) is 11.8 Å². The van der Waals surface area contributed by atoms with Gasteiger partial charge in [-0.25, -0.2) is 0 Å². The molecule has 14 heavy (non-hydrogen) atoms. The molecule has 2 N–H and O–H groups in total. The standard InChI is InChI=1S/C9H9NO4/c11-7-6-5(8(12)13)4-1-2-9(6,14-4)3-10-7/h1-2,4-6H,3H2,(H,10,11)(H,12,13)/t4-,5+,6+,9+/m1/s1. The van der Waals surface area contributed by atoms with E-state index in [4.69, 9.17) is 9.84 Å². The second-order valence-corrected chi connectivity index (χ2v) is 3.96. The topological polar surface area (TPSA) is 75.6 Å². The molecule has 3 rings (SSSR count). The van der Waals surface area contributed by atoms with E-state index in [-0.39, 0.29) is 5.91 Å². The Hall–Kier alpha value is -1.36. The molecule has 5 nitrogen and oxygen atoms in total. The van der Waals surface area contributed by atoms with Gasteiger partial charge in [-0.15, -0.1) is 0 Å². The second-order valence-electron chi connectivity index (χ2n) is 3.96. The van der Waals surface area contributed by atoms with Crippen molar-refractivity contribution in [2.45, 2.75) is 11.7 Å². The molecule has 2 bridgehead atoms. The maximum Gasteiger partial charge on any atom is 0.310 e. The van der Waals surface area contributed by atoms with Gasteiger partial charge in [0.05, 0.1) is 18.6 Å². The number of aliphatic carboxylic acids is 1. The first-order valence-corrected chi connectivity index (χ1v) is 4.52. The minimum absolute atomic E-state index is 0.204. The van der Waals surface area contributed by atoms with Gasteiger partial charge in [0.25, 0.3) is 0 Å². The highest BCUT2D eigenvalue weighted by molar-refractivity contribution is 5.90. The van der Waals surface area contributed by atoms with Gasteiger partial charge in [-0.2, -0.15) is 0 Å². The molecule has 3 aliphatic rings. The van der Waals surface area contributed by atoms with Crippen LogP contribution in [0.15, 0.2) is 12.2 Å². The number of hydrogen-bond donors (Lipinski definition) is 2. The minimum atomic E-state index is -0.955. The molecule has 0 unspecified atom stereocenters. The summed E-state index contributed by atoms with van der Waals surface area (Å²) in [6.07, 6.45) is 3.14. The third-order valence-electron chi connectivity index (χ3n) is 3.27. The van der Waals surface area contributed by atoms with Gasteiger partial charge in [0.1, 0.15) is 11.5 Å². The second kappa shape index (κ2) is 2.17. The summed E-state index contributed by atoms with van der Waals surface area (Å²) in [7, 11) is 0. The third kappa shape index (κ3) is 0.698. The van der Waals surface area contributed by atoms with E-state index >= 15 is 0 Å². The molecule has 3 heterocycles. The lowest BCUT2D eigenvalue weighted by molar-refractivity contribution is -0.146. The zero-order valence-electron chi connectivity index (χ0n) is 7.27. The fraction of sp³-hybridized carbons (Fsp3) is 0.556. The summed E-state index contributed by atoms with van der Waals surface area (Å²) in [4.78, 5) is 22.4. The Morgan fingerprint density at radius 1 is 1.71 bits per heavy atom. The largest absolute Gasteiger partial charge is 0.481 e. The minimum Gasteiger partial charge on any atom is -0.481 e. The van der Waals surface area contributed by atoms with Crippen molar-refractivity contribution in [3.8, 4) is 0 Å². The Morgan fingerprint density at radius 2 is 2.50 bits per heavy atom. The number of carboxylic acids is 1. The lowest BCUT2D eigenvalue weighted by Crippen LogP contribution is -2.38. The van der Waals surface area contributed by atoms with Crippen LogP contribution in [0.1, 0.15) is 0 Å². The van der Waals surface area contributed by atoms with Gasteiger partial charge in [-0.05, 0) is 0 Å². The van der Waals surface area contributed by atoms with Crippen LogP contribution in [0.3, 0.4) is 0 Å². The maximum absolute atomic E-state index is 11.5. The molecular weight excluding hydrogens is 186 g/mol. The molecule has 5 heteroatoms. The molecule has 0 aromatic rings. The molecular formula is C9H9NO4. The van der Waals surface area contributed by atoms with Gasteiger partial charge in [-0.1, -0.05) is 12.2 Å². The SMILES string of the molecule is O=C(O)[C@@H]1[C@H]2C(=O)NC[C@@]23C=C[C@H]1O3. The Labute approximate surface area is 79.7 Å². The molecule has 0 aliphatic carbocycles. The zero-order valence-corrected chi connectivity index (χ0v) is 7.27. The van der Waals surface area contributed by atoms with Gasteiger partial charge < -0.3 is 15.2 Å². The number of amides is 1. The average Bonchev–Trinajstić information content (AvgIpc) is 2.75. The molecule has 74 valence electrons. The first kappa shape index (κ1) is 7.99. The van der Waals surface area contributed by atoms with E-state index in [2.05, 4.69) is 5.32 Å². The Bertz CT molecular complexity index is 364. The van der Waals surface area contributed by atoms with Crippen LogP contribution < -0.4 is 5.32 Å². The highest BCUT2D eigenvalue weighted by Crippen LogP contribution is 2.49. The van der Waals surface area contributed by atoms with Crippen LogP contribution in [-0.4, -0.2) is 35.2 Å². The van der Waals surface area contributed by atoms with Gasteiger partial charge in [0.2, 0.25) is 5.91 Å².